The molecule has 96 valence electrons. The van der Waals surface area contributed by atoms with E-state index >= 15 is 0 Å². The molecule has 0 atom stereocenters. The zero-order valence-electron chi connectivity index (χ0n) is 10.7. The van der Waals surface area contributed by atoms with Gasteiger partial charge in [0.2, 0.25) is 0 Å². The average Bonchev–Trinajstić information content (AvgIpc) is 2.78. The number of thiazole rings is 1. The number of amides is 1. The summed E-state index contributed by atoms with van der Waals surface area (Å²) >= 11 is 1.49. The first kappa shape index (κ1) is 14.1. The highest BCUT2D eigenvalue weighted by molar-refractivity contribution is 7.09. The van der Waals surface area contributed by atoms with Crippen LogP contribution in [-0.2, 0) is 6.42 Å². The molecule has 0 saturated carbocycles. The fraction of sp³-hybridized carbons (Fsp3) is 0.667. The maximum atomic E-state index is 12.0. The van der Waals surface area contributed by atoms with Crippen LogP contribution in [0.4, 0.5) is 0 Å². The van der Waals surface area contributed by atoms with Gasteiger partial charge in [-0.2, -0.15) is 0 Å². The van der Waals surface area contributed by atoms with Crippen molar-refractivity contribution in [2.24, 2.45) is 5.73 Å². The maximum Gasteiger partial charge on any atom is 0.271 e. The Balaban J connectivity index is 2.69. The molecule has 0 radical (unpaired) electrons. The Morgan fingerprint density at radius 2 is 2.18 bits per heavy atom. The Labute approximate surface area is 107 Å². The third-order valence-corrected chi connectivity index (χ3v) is 4.03. The minimum Gasteiger partial charge on any atom is -0.346 e. The predicted octanol–water partition coefficient (Wildman–Crippen LogP) is 1.95. The van der Waals surface area contributed by atoms with Crippen molar-refractivity contribution in [3.63, 3.8) is 0 Å². The topological polar surface area (TPSA) is 68.0 Å². The average molecular weight is 255 g/mol. The summed E-state index contributed by atoms with van der Waals surface area (Å²) < 4.78 is 0. The molecule has 0 aliphatic heterocycles. The second kappa shape index (κ2) is 6.12. The molecule has 0 saturated heterocycles. The van der Waals surface area contributed by atoms with Crippen molar-refractivity contribution in [3.8, 4) is 0 Å². The van der Waals surface area contributed by atoms with Gasteiger partial charge in [0.05, 0.1) is 5.01 Å². The first-order valence-electron chi connectivity index (χ1n) is 6.01. The number of nitrogens with two attached hydrogens (primary N) is 1. The SMILES string of the molecule is CCC(C)(CC)NC(=O)c1csc(CCN)n1. The quantitative estimate of drug-likeness (QED) is 0.816. The molecule has 1 aromatic rings. The minimum atomic E-state index is -0.144. The van der Waals surface area contributed by atoms with Crippen LogP contribution in [0.5, 0.6) is 0 Å². The Morgan fingerprint density at radius 3 is 2.71 bits per heavy atom. The molecule has 0 spiro atoms. The molecule has 1 rings (SSSR count). The third kappa shape index (κ3) is 3.78. The molecule has 0 unspecified atom stereocenters. The van der Waals surface area contributed by atoms with Crippen LogP contribution >= 0.6 is 11.3 Å². The smallest absolute Gasteiger partial charge is 0.271 e. The Morgan fingerprint density at radius 1 is 1.53 bits per heavy atom. The molecule has 3 N–H and O–H groups in total. The number of carbonyl (C=O) groups is 1. The van der Waals surface area contributed by atoms with E-state index < -0.39 is 0 Å². The summed E-state index contributed by atoms with van der Waals surface area (Å²) in [5.74, 6) is -0.0873. The summed E-state index contributed by atoms with van der Waals surface area (Å²) in [5.41, 5.74) is 5.82. The lowest BCUT2D eigenvalue weighted by Crippen LogP contribution is -2.45. The van der Waals surface area contributed by atoms with E-state index in [4.69, 9.17) is 5.73 Å². The Bertz CT molecular complexity index is 372. The summed E-state index contributed by atoms with van der Waals surface area (Å²) in [5, 5.41) is 5.76. The number of aromatic nitrogens is 1. The maximum absolute atomic E-state index is 12.0. The van der Waals surface area contributed by atoms with E-state index in [1.807, 2.05) is 0 Å². The van der Waals surface area contributed by atoms with Crippen LogP contribution in [0.1, 0.15) is 49.1 Å². The van der Waals surface area contributed by atoms with Crippen molar-refractivity contribution in [2.45, 2.75) is 45.6 Å². The highest BCUT2D eigenvalue weighted by Crippen LogP contribution is 2.16. The number of hydrogen-bond acceptors (Lipinski definition) is 4. The lowest BCUT2D eigenvalue weighted by Gasteiger charge is -2.27. The first-order chi connectivity index (χ1) is 8.04. The monoisotopic (exact) mass is 255 g/mol. The third-order valence-electron chi connectivity index (χ3n) is 3.12. The number of nitrogens with zero attached hydrogens (tertiary/aromatic N) is 1. The van der Waals surface area contributed by atoms with Gasteiger partial charge in [0, 0.05) is 17.3 Å². The fourth-order valence-electron chi connectivity index (χ4n) is 1.42. The minimum absolute atomic E-state index is 0.0873. The number of nitrogens with one attached hydrogen (secondary N) is 1. The van der Waals surface area contributed by atoms with Crippen LogP contribution in [0.3, 0.4) is 0 Å². The van der Waals surface area contributed by atoms with E-state index in [-0.39, 0.29) is 11.4 Å². The van der Waals surface area contributed by atoms with E-state index in [2.05, 4.69) is 31.1 Å². The van der Waals surface area contributed by atoms with Gasteiger partial charge in [-0.05, 0) is 26.3 Å². The highest BCUT2D eigenvalue weighted by Gasteiger charge is 2.23. The second-order valence-electron chi connectivity index (χ2n) is 4.39. The van der Waals surface area contributed by atoms with Crippen molar-refractivity contribution >= 4 is 17.2 Å². The second-order valence-corrected chi connectivity index (χ2v) is 5.33. The summed E-state index contributed by atoms with van der Waals surface area (Å²) in [7, 11) is 0. The molecule has 1 amide bonds. The van der Waals surface area contributed by atoms with E-state index in [1.54, 1.807) is 5.38 Å². The van der Waals surface area contributed by atoms with Crippen LogP contribution in [-0.4, -0.2) is 23.0 Å². The molecule has 0 aromatic carbocycles. The molecule has 0 aliphatic carbocycles. The molecule has 0 aliphatic rings. The standard InChI is InChI=1S/C12H21N3OS/c1-4-12(3,5-2)15-11(16)9-8-17-10(14-9)6-7-13/h8H,4-7,13H2,1-3H3,(H,15,16). The fourth-order valence-corrected chi connectivity index (χ4v) is 2.21. The number of rotatable bonds is 6. The summed E-state index contributed by atoms with van der Waals surface area (Å²) in [4.78, 5) is 16.3. The van der Waals surface area contributed by atoms with Crippen LogP contribution in [0.2, 0.25) is 0 Å². The van der Waals surface area contributed by atoms with Gasteiger partial charge in [0.1, 0.15) is 5.69 Å². The van der Waals surface area contributed by atoms with E-state index in [9.17, 15) is 4.79 Å². The molecular formula is C12H21N3OS. The molecule has 5 heteroatoms. The Hall–Kier alpha value is -0.940. The number of hydrogen-bond donors (Lipinski definition) is 2. The van der Waals surface area contributed by atoms with Crippen molar-refractivity contribution in [1.82, 2.24) is 10.3 Å². The Kier molecular flexibility index (Phi) is 5.08. The molecule has 17 heavy (non-hydrogen) atoms. The molecule has 1 aromatic heterocycles. The number of carbonyl (C=O) groups excluding carboxylic acids is 1. The van der Waals surface area contributed by atoms with Gasteiger partial charge in [0.25, 0.3) is 5.91 Å². The van der Waals surface area contributed by atoms with Gasteiger partial charge >= 0.3 is 0 Å². The normalized spacial score (nSPS) is 11.5. The molecule has 0 fully saturated rings. The molecular weight excluding hydrogens is 234 g/mol. The van der Waals surface area contributed by atoms with Gasteiger partial charge < -0.3 is 11.1 Å². The first-order valence-corrected chi connectivity index (χ1v) is 6.89. The molecule has 4 nitrogen and oxygen atoms in total. The van der Waals surface area contributed by atoms with Gasteiger partial charge in [-0.1, -0.05) is 13.8 Å². The van der Waals surface area contributed by atoms with Crippen molar-refractivity contribution < 1.29 is 4.79 Å². The zero-order valence-corrected chi connectivity index (χ0v) is 11.6. The van der Waals surface area contributed by atoms with Gasteiger partial charge in [-0.15, -0.1) is 11.3 Å². The molecule has 0 bridgehead atoms. The summed E-state index contributed by atoms with van der Waals surface area (Å²) in [6, 6.07) is 0. The highest BCUT2D eigenvalue weighted by atomic mass is 32.1. The lowest BCUT2D eigenvalue weighted by molar-refractivity contribution is 0.0896. The van der Waals surface area contributed by atoms with Gasteiger partial charge in [-0.25, -0.2) is 4.98 Å². The van der Waals surface area contributed by atoms with Crippen LogP contribution < -0.4 is 11.1 Å². The van der Waals surface area contributed by atoms with E-state index in [0.717, 1.165) is 24.3 Å². The van der Waals surface area contributed by atoms with Crippen LogP contribution in [0, 0.1) is 0 Å². The lowest BCUT2D eigenvalue weighted by atomic mass is 9.95. The van der Waals surface area contributed by atoms with Crippen molar-refractivity contribution in [2.75, 3.05) is 6.54 Å². The van der Waals surface area contributed by atoms with E-state index in [1.165, 1.54) is 11.3 Å². The summed E-state index contributed by atoms with van der Waals surface area (Å²) in [6.45, 7) is 6.77. The van der Waals surface area contributed by atoms with Crippen LogP contribution in [0.15, 0.2) is 5.38 Å². The largest absolute Gasteiger partial charge is 0.346 e. The molecule has 1 heterocycles. The zero-order chi connectivity index (χ0) is 12.9. The van der Waals surface area contributed by atoms with Crippen molar-refractivity contribution in [1.29, 1.82) is 0 Å². The van der Waals surface area contributed by atoms with Gasteiger partial charge in [0.15, 0.2) is 0 Å². The van der Waals surface area contributed by atoms with E-state index in [0.29, 0.717) is 12.2 Å². The van der Waals surface area contributed by atoms with Gasteiger partial charge in [-0.3, -0.25) is 4.79 Å². The summed E-state index contributed by atoms with van der Waals surface area (Å²) in [6.07, 6.45) is 2.56. The predicted molar refractivity (Wildman–Crippen MR) is 71.3 cm³/mol. The van der Waals surface area contributed by atoms with Crippen molar-refractivity contribution in [3.05, 3.63) is 16.1 Å². The van der Waals surface area contributed by atoms with Crippen LogP contribution in [0.25, 0.3) is 0 Å².